The standard InChI is InChI=1S/C28H28N2O6S2/c1-28(2,3)35-27(31)21-34-22-13-15-23(16-14-22)37(25-11-7-17-29-19-25,26-12-8-18-30-20-26)36-38(32,33)24-9-5-4-6-10-24/h4-20H,21H2,1-3H3. The van der Waals surface area contributed by atoms with Gasteiger partial charge in [0, 0.05) is 39.5 Å². The highest BCUT2D eigenvalue weighted by Crippen LogP contribution is 2.70. The van der Waals surface area contributed by atoms with Gasteiger partial charge in [-0.2, -0.15) is 8.42 Å². The van der Waals surface area contributed by atoms with Crippen molar-refractivity contribution in [1.82, 2.24) is 9.97 Å². The van der Waals surface area contributed by atoms with Gasteiger partial charge in [0.25, 0.3) is 0 Å². The Morgan fingerprint density at radius 3 is 1.79 bits per heavy atom. The van der Waals surface area contributed by atoms with E-state index >= 15 is 0 Å². The molecular formula is C28H28N2O6S2. The number of pyridine rings is 2. The Morgan fingerprint density at radius 1 is 0.737 bits per heavy atom. The fraction of sp³-hybridized carbons (Fsp3) is 0.179. The molecule has 0 aliphatic carbocycles. The summed E-state index contributed by atoms with van der Waals surface area (Å²) < 4.78 is 44.3. The monoisotopic (exact) mass is 552 g/mol. The third-order valence-electron chi connectivity index (χ3n) is 5.09. The van der Waals surface area contributed by atoms with Crippen molar-refractivity contribution in [3.05, 3.63) is 104 Å². The van der Waals surface area contributed by atoms with Gasteiger partial charge in [-0.05, 0) is 91.7 Å². The molecule has 0 saturated heterocycles. The minimum absolute atomic E-state index is 0.0296. The van der Waals surface area contributed by atoms with Crippen LogP contribution in [0.3, 0.4) is 0 Å². The average Bonchev–Trinajstić information content (AvgIpc) is 2.91. The van der Waals surface area contributed by atoms with Crippen molar-refractivity contribution < 1.29 is 26.3 Å². The molecule has 2 aromatic carbocycles. The fourth-order valence-corrected chi connectivity index (χ4v) is 8.68. The first-order chi connectivity index (χ1) is 18.1. The summed E-state index contributed by atoms with van der Waals surface area (Å²) in [6, 6.07) is 21.8. The van der Waals surface area contributed by atoms with Gasteiger partial charge in [-0.1, -0.05) is 18.2 Å². The van der Waals surface area contributed by atoms with Crippen LogP contribution in [0, 0.1) is 0 Å². The Labute approximate surface area is 224 Å². The average molecular weight is 553 g/mol. The summed E-state index contributed by atoms with van der Waals surface area (Å²) in [6.07, 6.45) is 6.40. The number of ether oxygens (including phenoxy) is 2. The number of carbonyl (C=O) groups is 1. The Balaban J connectivity index is 1.79. The second-order valence-corrected chi connectivity index (χ2v) is 13.6. The van der Waals surface area contributed by atoms with Crippen LogP contribution in [0.5, 0.6) is 5.75 Å². The van der Waals surface area contributed by atoms with Gasteiger partial charge in [-0.3, -0.25) is 9.97 Å². The molecule has 0 fully saturated rings. The molecule has 4 aromatic rings. The predicted octanol–water partition coefficient (Wildman–Crippen LogP) is 5.80. The summed E-state index contributed by atoms with van der Waals surface area (Å²) in [5, 5.41) is 0. The number of hydrogen-bond donors (Lipinski definition) is 0. The summed E-state index contributed by atoms with van der Waals surface area (Å²) in [5.74, 6) is -0.0826. The molecule has 2 aromatic heterocycles. The van der Waals surface area contributed by atoms with Crippen molar-refractivity contribution in [2.24, 2.45) is 0 Å². The van der Waals surface area contributed by atoms with Crippen LogP contribution in [-0.2, 0) is 23.3 Å². The van der Waals surface area contributed by atoms with Crippen LogP contribution in [0.1, 0.15) is 20.8 Å². The predicted molar refractivity (Wildman–Crippen MR) is 143 cm³/mol. The van der Waals surface area contributed by atoms with Crippen molar-refractivity contribution in [2.45, 2.75) is 46.0 Å². The van der Waals surface area contributed by atoms with Gasteiger partial charge >= 0.3 is 16.1 Å². The van der Waals surface area contributed by atoms with Gasteiger partial charge in [-0.25, -0.2) is 8.42 Å². The SMILES string of the molecule is CC(C)(C)OC(=O)COc1ccc(S(OS(=O)(=O)c2ccccc2)(c2cccnc2)c2cccnc2)cc1. The molecule has 0 aliphatic heterocycles. The van der Waals surface area contributed by atoms with E-state index < -0.39 is 32.0 Å². The highest BCUT2D eigenvalue weighted by Gasteiger charge is 2.39. The number of benzene rings is 2. The van der Waals surface area contributed by atoms with Crippen LogP contribution in [0.15, 0.2) is 123 Å². The second-order valence-electron chi connectivity index (χ2n) is 9.12. The first kappa shape index (κ1) is 27.3. The normalized spacial score (nSPS) is 12.5. The van der Waals surface area contributed by atoms with E-state index in [-0.39, 0.29) is 11.5 Å². The van der Waals surface area contributed by atoms with Crippen molar-refractivity contribution in [2.75, 3.05) is 6.61 Å². The van der Waals surface area contributed by atoms with Crippen LogP contribution in [0.2, 0.25) is 0 Å². The maximum absolute atomic E-state index is 13.6. The molecule has 0 amide bonds. The molecule has 0 spiro atoms. The molecule has 0 bridgehead atoms. The van der Waals surface area contributed by atoms with E-state index in [2.05, 4.69) is 9.97 Å². The molecule has 38 heavy (non-hydrogen) atoms. The molecule has 0 unspecified atom stereocenters. The summed E-state index contributed by atoms with van der Waals surface area (Å²) in [5.41, 5.74) is -0.623. The highest BCUT2D eigenvalue weighted by atomic mass is 32.3. The molecule has 0 N–H and O–H groups in total. The number of carbonyl (C=O) groups excluding carboxylic acids is 1. The quantitative estimate of drug-likeness (QED) is 0.240. The topological polar surface area (TPSA) is 105 Å². The van der Waals surface area contributed by atoms with E-state index in [1.54, 1.807) is 112 Å². The first-order valence-electron chi connectivity index (χ1n) is 11.7. The number of nitrogens with zero attached hydrogens (tertiary/aromatic N) is 2. The van der Waals surface area contributed by atoms with Gasteiger partial charge in [0.1, 0.15) is 11.4 Å². The van der Waals surface area contributed by atoms with E-state index in [9.17, 15) is 13.2 Å². The summed E-state index contributed by atoms with van der Waals surface area (Å²) in [7, 11) is -7.09. The third kappa shape index (κ3) is 6.39. The maximum Gasteiger partial charge on any atom is 0.344 e. The molecule has 2 heterocycles. The van der Waals surface area contributed by atoms with Crippen LogP contribution in [0.4, 0.5) is 0 Å². The molecular weight excluding hydrogens is 524 g/mol. The zero-order valence-corrected chi connectivity index (χ0v) is 22.8. The van der Waals surface area contributed by atoms with Crippen molar-refractivity contribution >= 4 is 26.4 Å². The zero-order chi connectivity index (χ0) is 27.2. The second kappa shape index (κ2) is 11.3. The fourth-order valence-electron chi connectivity index (χ4n) is 3.56. The minimum atomic E-state index is -4.22. The number of rotatable bonds is 9. The number of hydrogen-bond acceptors (Lipinski definition) is 8. The van der Waals surface area contributed by atoms with Crippen molar-refractivity contribution in [3.8, 4) is 5.75 Å². The van der Waals surface area contributed by atoms with Crippen LogP contribution in [0.25, 0.3) is 0 Å². The first-order valence-corrected chi connectivity index (χ1v) is 14.7. The lowest BCUT2D eigenvalue weighted by Crippen LogP contribution is -2.27. The van der Waals surface area contributed by atoms with E-state index in [1.807, 2.05) is 0 Å². The molecule has 0 radical (unpaired) electrons. The Kier molecular flexibility index (Phi) is 8.15. The lowest BCUT2D eigenvalue weighted by molar-refractivity contribution is -0.157. The lowest BCUT2D eigenvalue weighted by Gasteiger charge is -2.38. The Morgan fingerprint density at radius 2 is 1.29 bits per heavy atom. The number of aromatic nitrogens is 2. The van der Waals surface area contributed by atoms with Crippen LogP contribution >= 0.6 is 10.3 Å². The minimum Gasteiger partial charge on any atom is -0.482 e. The number of esters is 1. The summed E-state index contributed by atoms with van der Waals surface area (Å²) in [6.45, 7) is 5.08. The van der Waals surface area contributed by atoms with Crippen LogP contribution < -0.4 is 4.74 Å². The smallest absolute Gasteiger partial charge is 0.344 e. The Hall–Kier alpha value is -3.73. The van der Waals surface area contributed by atoms with Gasteiger partial charge in [0.05, 0.1) is 4.90 Å². The summed E-state index contributed by atoms with van der Waals surface area (Å²) >= 11 is 0. The van der Waals surface area contributed by atoms with E-state index in [1.165, 1.54) is 12.1 Å². The molecule has 0 atom stereocenters. The van der Waals surface area contributed by atoms with E-state index in [0.29, 0.717) is 20.4 Å². The van der Waals surface area contributed by atoms with Gasteiger partial charge < -0.3 is 9.47 Å². The van der Waals surface area contributed by atoms with Crippen molar-refractivity contribution in [3.63, 3.8) is 0 Å². The molecule has 0 saturated carbocycles. The van der Waals surface area contributed by atoms with Gasteiger partial charge in [0.2, 0.25) is 0 Å². The molecule has 4 rings (SSSR count). The van der Waals surface area contributed by atoms with Gasteiger partial charge in [0.15, 0.2) is 6.61 Å². The molecule has 198 valence electrons. The maximum atomic E-state index is 13.6. The molecule has 10 heteroatoms. The van der Waals surface area contributed by atoms with E-state index in [4.69, 9.17) is 13.1 Å². The van der Waals surface area contributed by atoms with Crippen molar-refractivity contribution in [1.29, 1.82) is 0 Å². The largest absolute Gasteiger partial charge is 0.482 e. The van der Waals surface area contributed by atoms with E-state index in [0.717, 1.165) is 0 Å². The van der Waals surface area contributed by atoms with Crippen LogP contribution in [-0.4, -0.2) is 36.6 Å². The third-order valence-corrected chi connectivity index (χ3v) is 10.2. The summed E-state index contributed by atoms with van der Waals surface area (Å²) in [4.78, 5) is 22.3. The lowest BCUT2D eigenvalue weighted by atomic mass is 10.2. The van der Waals surface area contributed by atoms with Gasteiger partial charge in [-0.15, -0.1) is 0 Å². The zero-order valence-electron chi connectivity index (χ0n) is 21.2. The highest BCUT2D eigenvalue weighted by molar-refractivity contribution is 8.33. The molecule has 8 nitrogen and oxygen atoms in total. The molecule has 0 aliphatic rings. The Bertz CT molecular complexity index is 1420.